The van der Waals surface area contributed by atoms with Gasteiger partial charge in [0.2, 0.25) is 0 Å². The normalized spacial score (nSPS) is 17.8. The third kappa shape index (κ3) is 4.01. The number of hydrogen-bond acceptors (Lipinski definition) is 9. The number of pyridine rings is 1. The number of alkyl halides is 3. The molecule has 2 aliphatic heterocycles. The third-order valence-corrected chi connectivity index (χ3v) is 6.35. The van der Waals surface area contributed by atoms with Crippen LogP contribution >= 0.6 is 0 Å². The van der Waals surface area contributed by atoms with Crippen molar-refractivity contribution < 1.29 is 22.4 Å². The van der Waals surface area contributed by atoms with E-state index in [1.165, 1.54) is 0 Å². The first kappa shape index (κ1) is 22.9. The van der Waals surface area contributed by atoms with Gasteiger partial charge in [-0.15, -0.1) is 10.2 Å². The van der Waals surface area contributed by atoms with Crippen LogP contribution in [0.25, 0.3) is 22.5 Å². The van der Waals surface area contributed by atoms with Crippen LogP contribution in [-0.4, -0.2) is 61.1 Å². The summed E-state index contributed by atoms with van der Waals surface area (Å²) in [4.78, 5) is 30.3. The summed E-state index contributed by atoms with van der Waals surface area (Å²) in [6.07, 6.45) is -1.30. The second kappa shape index (κ2) is 8.54. The minimum atomic E-state index is -4.57. The maximum absolute atomic E-state index is 13.6. The van der Waals surface area contributed by atoms with Crippen LogP contribution in [0.4, 0.5) is 13.2 Å². The van der Waals surface area contributed by atoms with E-state index in [1.807, 2.05) is 36.2 Å². The molecule has 13 heteroatoms. The van der Waals surface area contributed by atoms with E-state index >= 15 is 0 Å². The number of benzene rings is 1. The number of aromatic nitrogens is 5. The predicted molar refractivity (Wildman–Crippen MR) is 123 cm³/mol. The largest absolute Gasteiger partial charge is 0.416 e. The summed E-state index contributed by atoms with van der Waals surface area (Å²) < 4.78 is 44.9. The molecule has 10 nitrogen and oxygen atoms in total. The summed E-state index contributed by atoms with van der Waals surface area (Å²) in [6.45, 7) is 0.890. The van der Waals surface area contributed by atoms with Gasteiger partial charge < -0.3 is 19.5 Å². The summed E-state index contributed by atoms with van der Waals surface area (Å²) in [5.74, 6) is -0.810. The molecule has 3 aromatic heterocycles. The predicted octanol–water partition coefficient (Wildman–Crippen LogP) is 3.38. The average molecular weight is 508 g/mol. The maximum Gasteiger partial charge on any atom is 0.416 e. The SMILES string of the molecule is CN1CNC2=C1[C@H](c1ncc3ccccc3n1)N(C(=O)c1nnc(-c3cc(C(F)(F)F)ccn3)o1)CC2. The van der Waals surface area contributed by atoms with Crippen LogP contribution in [0.3, 0.4) is 0 Å². The number of nitrogens with one attached hydrogen (secondary N) is 1. The molecule has 2 aliphatic rings. The monoisotopic (exact) mass is 508 g/mol. The molecule has 0 bridgehead atoms. The highest BCUT2D eigenvalue weighted by molar-refractivity contribution is 5.90. The molecule has 0 saturated heterocycles. The van der Waals surface area contributed by atoms with Crippen LogP contribution in [-0.2, 0) is 6.18 Å². The lowest BCUT2D eigenvalue weighted by atomic mass is 10.0. The van der Waals surface area contributed by atoms with Crippen LogP contribution in [0.5, 0.6) is 0 Å². The van der Waals surface area contributed by atoms with Crippen molar-refractivity contribution >= 4 is 16.8 Å². The fraction of sp³-hybridized carbons (Fsp3) is 0.250. The van der Waals surface area contributed by atoms with Gasteiger partial charge in [-0.1, -0.05) is 18.2 Å². The first-order valence-corrected chi connectivity index (χ1v) is 11.4. The number of fused-ring (bicyclic) bond motifs is 1. The van der Waals surface area contributed by atoms with Gasteiger partial charge in [-0.05, 0) is 18.2 Å². The Morgan fingerprint density at radius 1 is 1.16 bits per heavy atom. The lowest BCUT2D eigenvalue weighted by Gasteiger charge is -2.36. The zero-order chi connectivity index (χ0) is 25.7. The second-order valence-electron chi connectivity index (χ2n) is 8.67. The zero-order valence-corrected chi connectivity index (χ0v) is 19.4. The Bertz CT molecular complexity index is 1550. The minimum absolute atomic E-state index is 0.181. The van der Waals surface area contributed by atoms with Gasteiger partial charge in [0, 0.05) is 43.5 Å². The Hall–Kier alpha value is -4.55. The summed E-state index contributed by atoms with van der Waals surface area (Å²) >= 11 is 0. The Kier molecular flexibility index (Phi) is 5.28. The van der Waals surface area contributed by atoms with E-state index in [0.29, 0.717) is 25.5 Å². The number of rotatable bonds is 3. The molecule has 0 unspecified atom stereocenters. The number of amides is 1. The van der Waals surface area contributed by atoms with Gasteiger partial charge in [-0.3, -0.25) is 9.78 Å². The minimum Gasteiger partial charge on any atom is -0.411 e. The van der Waals surface area contributed by atoms with Crippen molar-refractivity contribution in [1.29, 1.82) is 0 Å². The third-order valence-electron chi connectivity index (χ3n) is 6.35. The molecule has 188 valence electrons. The van der Waals surface area contributed by atoms with Gasteiger partial charge in [-0.2, -0.15) is 13.2 Å². The van der Waals surface area contributed by atoms with E-state index in [1.54, 1.807) is 11.1 Å². The van der Waals surface area contributed by atoms with Crippen LogP contribution in [0.15, 0.2) is 64.6 Å². The molecule has 1 amide bonds. The molecular weight excluding hydrogens is 489 g/mol. The number of para-hydroxylation sites is 1. The first-order chi connectivity index (χ1) is 17.8. The molecule has 0 saturated carbocycles. The number of halogens is 3. The number of nitrogens with zero attached hydrogens (tertiary/aromatic N) is 7. The zero-order valence-electron chi connectivity index (χ0n) is 19.4. The van der Waals surface area contributed by atoms with Crippen LogP contribution in [0.2, 0.25) is 0 Å². The molecule has 0 radical (unpaired) electrons. The van der Waals surface area contributed by atoms with Gasteiger partial charge in [0.25, 0.3) is 5.89 Å². The Balaban J connectivity index is 1.37. The van der Waals surface area contributed by atoms with Gasteiger partial charge in [0.05, 0.1) is 23.4 Å². The summed E-state index contributed by atoms with van der Waals surface area (Å²) in [7, 11) is 1.90. The lowest BCUT2D eigenvalue weighted by Crippen LogP contribution is -2.42. The van der Waals surface area contributed by atoms with Crippen molar-refractivity contribution in [2.24, 2.45) is 0 Å². The Morgan fingerprint density at radius 2 is 2.00 bits per heavy atom. The topological polar surface area (TPSA) is 113 Å². The molecule has 5 heterocycles. The van der Waals surface area contributed by atoms with E-state index in [4.69, 9.17) is 9.40 Å². The highest BCUT2D eigenvalue weighted by Gasteiger charge is 2.42. The Morgan fingerprint density at radius 3 is 2.84 bits per heavy atom. The summed E-state index contributed by atoms with van der Waals surface area (Å²) in [5, 5.41) is 11.8. The van der Waals surface area contributed by atoms with E-state index < -0.39 is 23.7 Å². The number of hydrogen-bond donors (Lipinski definition) is 1. The van der Waals surface area contributed by atoms with Crippen molar-refractivity contribution in [1.82, 2.24) is 40.3 Å². The van der Waals surface area contributed by atoms with Crippen LogP contribution in [0.1, 0.15) is 34.5 Å². The van der Waals surface area contributed by atoms with E-state index in [-0.39, 0.29) is 17.5 Å². The molecule has 4 aromatic rings. The van der Waals surface area contributed by atoms with Crippen molar-refractivity contribution in [3.8, 4) is 11.6 Å². The van der Waals surface area contributed by atoms with E-state index in [2.05, 4.69) is 25.5 Å². The highest BCUT2D eigenvalue weighted by Crippen LogP contribution is 2.38. The first-order valence-electron chi connectivity index (χ1n) is 11.4. The van der Waals surface area contributed by atoms with E-state index in [9.17, 15) is 18.0 Å². The smallest absolute Gasteiger partial charge is 0.411 e. The van der Waals surface area contributed by atoms with Crippen molar-refractivity contribution in [2.45, 2.75) is 18.6 Å². The summed E-state index contributed by atoms with van der Waals surface area (Å²) in [5.41, 5.74) is 1.49. The Labute approximate surface area is 207 Å². The fourth-order valence-corrected chi connectivity index (χ4v) is 4.58. The number of carbonyl (C=O) groups excluding carboxylic acids is 1. The van der Waals surface area contributed by atoms with Crippen LogP contribution < -0.4 is 5.32 Å². The van der Waals surface area contributed by atoms with Crippen molar-refractivity contribution in [3.63, 3.8) is 0 Å². The second-order valence-corrected chi connectivity index (χ2v) is 8.67. The molecule has 1 N–H and O–H groups in total. The fourth-order valence-electron chi connectivity index (χ4n) is 4.58. The molecule has 1 aromatic carbocycles. The number of likely N-dealkylation sites (N-methyl/N-ethyl adjacent to an activating group) is 1. The molecule has 0 spiro atoms. The maximum atomic E-state index is 13.6. The highest BCUT2D eigenvalue weighted by atomic mass is 19.4. The van der Waals surface area contributed by atoms with Gasteiger partial charge in [0.15, 0.2) is 5.82 Å². The average Bonchev–Trinajstić information content (AvgIpc) is 3.55. The lowest BCUT2D eigenvalue weighted by molar-refractivity contribution is -0.137. The van der Waals surface area contributed by atoms with Crippen LogP contribution in [0, 0.1) is 0 Å². The number of carbonyl (C=O) groups is 1. The molecule has 1 atom stereocenters. The molecule has 6 rings (SSSR count). The molecular formula is C24H19F3N8O2. The van der Waals surface area contributed by atoms with Gasteiger partial charge in [-0.25, -0.2) is 9.97 Å². The molecule has 0 aliphatic carbocycles. The standard InChI is InChI=1S/C24H19F3N8O2/c1-34-12-30-16-7-9-35(19(18(16)34)20-29-11-13-4-2-3-5-15(13)31-20)23(36)22-33-32-21(37-22)17-10-14(6-8-28-17)24(25,26)27/h2-6,8,10-11,19,30H,7,9,12H2,1H3/t19-/m1/s1. The quantitative estimate of drug-likeness (QED) is 0.445. The van der Waals surface area contributed by atoms with Crippen molar-refractivity contribution in [2.75, 3.05) is 20.3 Å². The van der Waals surface area contributed by atoms with E-state index in [0.717, 1.165) is 40.6 Å². The van der Waals surface area contributed by atoms with Gasteiger partial charge >= 0.3 is 18.0 Å². The van der Waals surface area contributed by atoms with Gasteiger partial charge in [0.1, 0.15) is 11.7 Å². The summed E-state index contributed by atoms with van der Waals surface area (Å²) in [6, 6.07) is 8.53. The molecule has 37 heavy (non-hydrogen) atoms. The molecule has 0 fully saturated rings. The van der Waals surface area contributed by atoms with Crippen molar-refractivity contribution in [3.05, 3.63) is 77.5 Å².